The van der Waals surface area contributed by atoms with Gasteiger partial charge in [-0.25, -0.2) is 4.98 Å². The lowest BCUT2D eigenvalue weighted by Gasteiger charge is -2.25. The molecule has 1 fully saturated rings. The number of halogens is 3. The van der Waals surface area contributed by atoms with Crippen LogP contribution in [-0.4, -0.2) is 27.9 Å². The molecule has 150 valence electrons. The number of nitrogens with zero attached hydrogens (tertiary/aromatic N) is 3. The first-order valence-corrected chi connectivity index (χ1v) is 8.53. The van der Waals surface area contributed by atoms with Gasteiger partial charge in [0.05, 0.1) is 11.3 Å². The van der Waals surface area contributed by atoms with Crippen LogP contribution < -0.4 is 10.2 Å². The number of alkyl halides is 3. The van der Waals surface area contributed by atoms with Crippen molar-refractivity contribution in [2.45, 2.75) is 32.0 Å². The zero-order valence-electron chi connectivity index (χ0n) is 15.1. The Balaban J connectivity index is 2.04. The Morgan fingerprint density at radius 2 is 2.07 bits per heavy atom. The molecule has 2 amide bonds. The number of phenolic OH excluding ortho intramolecular Hbond substituents is 1. The average Bonchev–Trinajstić information content (AvgIpc) is 3.03. The molecule has 1 aliphatic heterocycles. The third kappa shape index (κ3) is 3.85. The van der Waals surface area contributed by atoms with Gasteiger partial charge in [0.25, 0.3) is 0 Å². The normalized spacial score (nSPS) is 16.6. The maximum absolute atomic E-state index is 13.4. The minimum Gasteiger partial charge on any atom is -0.506 e. The van der Waals surface area contributed by atoms with Crippen molar-refractivity contribution in [1.82, 2.24) is 4.98 Å². The Hall–Kier alpha value is -3.61. The number of benzene rings is 1. The Bertz CT molecular complexity index is 1030. The highest BCUT2D eigenvalue weighted by Gasteiger charge is 2.42. The van der Waals surface area contributed by atoms with Gasteiger partial charge in [0.15, 0.2) is 5.82 Å². The fourth-order valence-corrected chi connectivity index (χ4v) is 3.16. The molecule has 2 aromatic rings. The molecule has 1 atom stereocenters. The van der Waals surface area contributed by atoms with E-state index in [1.165, 1.54) is 25.1 Å². The summed E-state index contributed by atoms with van der Waals surface area (Å²) in [5.41, 5.74) is -2.00. The van der Waals surface area contributed by atoms with Crippen LogP contribution in [0.4, 0.5) is 24.7 Å². The van der Waals surface area contributed by atoms with E-state index < -0.39 is 41.0 Å². The van der Waals surface area contributed by atoms with Crippen LogP contribution in [0.2, 0.25) is 0 Å². The lowest BCUT2D eigenvalue weighted by atomic mass is 10.1. The van der Waals surface area contributed by atoms with E-state index in [-0.39, 0.29) is 30.0 Å². The Morgan fingerprint density at radius 1 is 1.38 bits per heavy atom. The maximum atomic E-state index is 13.4. The molecule has 0 saturated carbocycles. The number of phenols is 1. The first-order chi connectivity index (χ1) is 13.6. The highest BCUT2D eigenvalue weighted by Crippen LogP contribution is 2.38. The van der Waals surface area contributed by atoms with Crippen LogP contribution in [0.5, 0.6) is 5.75 Å². The average molecular weight is 404 g/mol. The molecular formula is C19H15F3N4O3. The summed E-state index contributed by atoms with van der Waals surface area (Å²) in [5.74, 6) is -2.04. The van der Waals surface area contributed by atoms with E-state index in [0.717, 1.165) is 11.0 Å². The van der Waals surface area contributed by atoms with Gasteiger partial charge in [-0.2, -0.15) is 18.4 Å². The fraction of sp³-hybridized carbons (Fsp3) is 0.263. The molecule has 10 heteroatoms. The Labute approximate surface area is 163 Å². The largest absolute Gasteiger partial charge is 0.506 e. The topological polar surface area (TPSA) is 106 Å². The molecule has 2 N–H and O–H groups in total. The quantitative estimate of drug-likeness (QED) is 0.765. The van der Waals surface area contributed by atoms with Crippen LogP contribution in [-0.2, 0) is 15.8 Å². The van der Waals surface area contributed by atoms with Gasteiger partial charge >= 0.3 is 6.18 Å². The van der Waals surface area contributed by atoms with Crippen LogP contribution in [0.1, 0.15) is 29.7 Å². The Morgan fingerprint density at radius 3 is 2.69 bits per heavy atom. The first-order valence-electron chi connectivity index (χ1n) is 8.53. The van der Waals surface area contributed by atoms with Crippen LogP contribution in [0.25, 0.3) is 0 Å². The zero-order chi connectivity index (χ0) is 21.3. The number of nitrogens with one attached hydrogen (secondary N) is 1. The molecule has 1 unspecified atom stereocenters. The minimum absolute atomic E-state index is 0.0279. The van der Waals surface area contributed by atoms with E-state index in [2.05, 4.69) is 10.3 Å². The number of anilines is 2. The SMILES string of the molecule is Cc1cc(C(F)(F)F)c(C#N)c(N2C(=O)CCC2C(=O)Nc2ccccc2O)n1. The van der Waals surface area contributed by atoms with Crippen molar-refractivity contribution in [2.75, 3.05) is 10.2 Å². The molecule has 0 radical (unpaired) electrons. The second-order valence-corrected chi connectivity index (χ2v) is 6.44. The standard InChI is InChI=1S/C19H15F3N4O3/c1-10-8-12(19(20,21)22)11(9-23)17(24-10)26-14(6-7-16(26)28)18(29)25-13-4-2-3-5-15(13)27/h2-5,8,14,27H,6-7H2,1H3,(H,25,29). The van der Waals surface area contributed by atoms with Gasteiger partial charge in [-0.3, -0.25) is 14.5 Å². The number of para-hydroxylation sites is 2. The molecule has 1 aromatic carbocycles. The summed E-state index contributed by atoms with van der Waals surface area (Å²) in [5, 5.41) is 21.6. The van der Waals surface area contributed by atoms with Crippen LogP contribution in [0.15, 0.2) is 30.3 Å². The molecule has 7 nitrogen and oxygen atoms in total. The van der Waals surface area contributed by atoms with Crippen molar-refractivity contribution in [3.8, 4) is 11.8 Å². The monoisotopic (exact) mass is 404 g/mol. The smallest absolute Gasteiger partial charge is 0.417 e. The summed E-state index contributed by atoms with van der Waals surface area (Å²) >= 11 is 0. The highest BCUT2D eigenvalue weighted by atomic mass is 19.4. The second kappa shape index (κ2) is 7.43. The summed E-state index contributed by atoms with van der Waals surface area (Å²) < 4.78 is 40.1. The fourth-order valence-electron chi connectivity index (χ4n) is 3.16. The summed E-state index contributed by atoms with van der Waals surface area (Å²) in [6.45, 7) is 1.30. The van der Waals surface area contributed by atoms with Gasteiger partial charge in [0.2, 0.25) is 11.8 Å². The number of nitriles is 1. The molecule has 29 heavy (non-hydrogen) atoms. The summed E-state index contributed by atoms with van der Waals surface area (Å²) in [7, 11) is 0. The van der Waals surface area contributed by atoms with Gasteiger partial charge in [0, 0.05) is 12.1 Å². The number of rotatable bonds is 3. The van der Waals surface area contributed by atoms with Crippen molar-refractivity contribution < 1.29 is 27.9 Å². The Kier molecular flexibility index (Phi) is 5.16. The minimum atomic E-state index is -4.83. The maximum Gasteiger partial charge on any atom is 0.417 e. The third-order valence-corrected chi connectivity index (χ3v) is 4.45. The van der Waals surface area contributed by atoms with Gasteiger partial charge in [0.1, 0.15) is 23.4 Å². The molecule has 1 aliphatic rings. The number of amides is 2. The van der Waals surface area contributed by atoms with E-state index in [1.807, 2.05) is 0 Å². The second-order valence-electron chi connectivity index (χ2n) is 6.44. The highest BCUT2D eigenvalue weighted by molar-refractivity contribution is 6.08. The van der Waals surface area contributed by atoms with Gasteiger partial charge in [-0.1, -0.05) is 12.1 Å². The molecule has 0 bridgehead atoms. The molecule has 0 spiro atoms. The van der Waals surface area contributed by atoms with E-state index in [1.54, 1.807) is 12.1 Å². The predicted octanol–water partition coefficient (Wildman–Crippen LogP) is 3.12. The third-order valence-electron chi connectivity index (χ3n) is 4.45. The number of aryl methyl sites for hydroxylation is 1. The first kappa shape index (κ1) is 20.1. The van der Waals surface area contributed by atoms with Crippen molar-refractivity contribution >= 4 is 23.3 Å². The van der Waals surface area contributed by atoms with Crippen molar-refractivity contribution in [2.24, 2.45) is 0 Å². The lowest BCUT2D eigenvalue weighted by Crippen LogP contribution is -2.43. The van der Waals surface area contributed by atoms with E-state index in [0.29, 0.717) is 0 Å². The molecule has 3 rings (SSSR count). The number of hydrogen-bond acceptors (Lipinski definition) is 5. The van der Waals surface area contributed by atoms with E-state index >= 15 is 0 Å². The number of carbonyl (C=O) groups excluding carboxylic acids is 2. The predicted molar refractivity (Wildman–Crippen MR) is 95.9 cm³/mol. The van der Waals surface area contributed by atoms with E-state index in [4.69, 9.17) is 0 Å². The number of aromatic hydroxyl groups is 1. The number of carbonyl (C=O) groups is 2. The van der Waals surface area contributed by atoms with Crippen molar-refractivity contribution in [3.05, 3.63) is 47.2 Å². The molecule has 1 saturated heterocycles. The van der Waals surface area contributed by atoms with Crippen LogP contribution in [0.3, 0.4) is 0 Å². The molecule has 2 heterocycles. The number of aromatic nitrogens is 1. The molecular weight excluding hydrogens is 389 g/mol. The van der Waals surface area contributed by atoms with Crippen molar-refractivity contribution in [3.63, 3.8) is 0 Å². The zero-order valence-corrected chi connectivity index (χ0v) is 15.1. The van der Waals surface area contributed by atoms with E-state index in [9.17, 15) is 33.1 Å². The van der Waals surface area contributed by atoms with Crippen LogP contribution >= 0.6 is 0 Å². The van der Waals surface area contributed by atoms with Crippen molar-refractivity contribution in [1.29, 1.82) is 5.26 Å². The van der Waals surface area contributed by atoms with Gasteiger partial charge in [-0.05, 0) is 31.5 Å². The summed E-state index contributed by atoms with van der Waals surface area (Å²) in [6, 6.07) is 6.90. The van der Waals surface area contributed by atoms with Gasteiger partial charge < -0.3 is 10.4 Å². The van der Waals surface area contributed by atoms with Gasteiger partial charge in [-0.15, -0.1) is 0 Å². The number of hydrogen-bond donors (Lipinski definition) is 2. The van der Waals surface area contributed by atoms with Crippen LogP contribution in [0, 0.1) is 18.3 Å². The molecule has 0 aliphatic carbocycles. The number of pyridine rings is 1. The molecule has 1 aromatic heterocycles. The summed E-state index contributed by atoms with van der Waals surface area (Å²) in [4.78, 5) is 29.9. The summed E-state index contributed by atoms with van der Waals surface area (Å²) in [6.07, 6.45) is -4.90. The lowest BCUT2D eigenvalue weighted by molar-refractivity contribution is -0.138.